The van der Waals surface area contributed by atoms with Crippen molar-refractivity contribution in [3.63, 3.8) is 0 Å². The molecule has 0 aliphatic heterocycles. The molecule has 2 rings (SSSR count). The predicted octanol–water partition coefficient (Wildman–Crippen LogP) is 4.53. The summed E-state index contributed by atoms with van der Waals surface area (Å²) in [5.41, 5.74) is 0.737. The molecule has 0 atom stereocenters. The van der Waals surface area contributed by atoms with E-state index >= 15 is 0 Å². The van der Waals surface area contributed by atoms with E-state index in [4.69, 9.17) is 4.74 Å². The van der Waals surface area contributed by atoms with Crippen molar-refractivity contribution in [2.75, 3.05) is 12.4 Å². The standard InChI is InChI=1S/C12H9Br2NO2S/c1-17-8-4-2-7(3-5-8)15-12(16)10-6-9(13)11(14)18-10/h2-6H,1H3,(H,15,16). The van der Waals surface area contributed by atoms with Gasteiger partial charge in [0, 0.05) is 10.2 Å². The predicted molar refractivity (Wildman–Crippen MR) is 80.7 cm³/mol. The average molecular weight is 391 g/mol. The number of ether oxygens (including phenoxy) is 1. The molecule has 0 spiro atoms. The lowest BCUT2D eigenvalue weighted by Gasteiger charge is -2.04. The summed E-state index contributed by atoms with van der Waals surface area (Å²) in [5, 5.41) is 2.82. The van der Waals surface area contributed by atoms with E-state index in [1.165, 1.54) is 11.3 Å². The third kappa shape index (κ3) is 3.13. The molecule has 0 aliphatic carbocycles. The average Bonchev–Trinajstić information content (AvgIpc) is 2.71. The molecule has 94 valence electrons. The Labute approximate surface area is 125 Å². The molecule has 0 radical (unpaired) electrons. The van der Waals surface area contributed by atoms with Gasteiger partial charge in [0.2, 0.25) is 0 Å². The summed E-state index contributed by atoms with van der Waals surface area (Å²) in [6.07, 6.45) is 0. The minimum atomic E-state index is -0.128. The maximum Gasteiger partial charge on any atom is 0.265 e. The van der Waals surface area contributed by atoms with Crippen LogP contribution in [0.3, 0.4) is 0 Å². The molecule has 0 saturated carbocycles. The minimum Gasteiger partial charge on any atom is -0.497 e. The lowest BCUT2D eigenvalue weighted by Crippen LogP contribution is -2.09. The molecule has 0 unspecified atom stereocenters. The fourth-order valence-corrected chi connectivity index (χ4v) is 3.26. The molecule has 3 nitrogen and oxygen atoms in total. The van der Waals surface area contributed by atoms with Gasteiger partial charge in [-0.25, -0.2) is 0 Å². The van der Waals surface area contributed by atoms with Gasteiger partial charge in [-0.1, -0.05) is 0 Å². The van der Waals surface area contributed by atoms with Gasteiger partial charge in [0.15, 0.2) is 0 Å². The van der Waals surface area contributed by atoms with E-state index in [1.807, 2.05) is 0 Å². The van der Waals surface area contributed by atoms with Gasteiger partial charge in [0.05, 0.1) is 15.8 Å². The van der Waals surface area contributed by atoms with Crippen molar-refractivity contribution in [3.8, 4) is 5.75 Å². The molecular weight excluding hydrogens is 382 g/mol. The van der Waals surface area contributed by atoms with Crippen molar-refractivity contribution in [2.24, 2.45) is 0 Å². The zero-order valence-electron chi connectivity index (χ0n) is 9.37. The van der Waals surface area contributed by atoms with Gasteiger partial charge < -0.3 is 10.1 Å². The first kappa shape index (κ1) is 13.6. The highest BCUT2D eigenvalue weighted by molar-refractivity contribution is 9.13. The maximum absolute atomic E-state index is 12.0. The number of rotatable bonds is 3. The number of benzene rings is 1. The van der Waals surface area contributed by atoms with Crippen LogP contribution in [0.1, 0.15) is 9.67 Å². The summed E-state index contributed by atoms with van der Waals surface area (Å²) in [6.45, 7) is 0. The van der Waals surface area contributed by atoms with Gasteiger partial charge >= 0.3 is 0 Å². The summed E-state index contributed by atoms with van der Waals surface area (Å²) in [5.74, 6) is 0.631. The fraction of sp³-hybridized carbons (Fsp3) is 0.0833. The van der Waals surface area contributed by atoms with E-state index in [0.29, 0.717) is 4.88 Å². The Balaban J connectivity index is 2.10. The van der Waals surface area contributed by atoms with E-state index < -0.39 is 0 Å². The number of thiophene rings is 1. The van der Waals surface area contributed by atoms with Gasteiger partial charge in [-0.05, 0) is 62.2 Å². The monoisotopic (exact) mass is 389 g/mol. The number of methoxy groups -OCH3 is 1. The SMILES string of the molecule is COc1ccc(NC(=O)c2cc(Br)c(Br)s2)cc1. The number of halogens is 2. The molecule has 0 bridgehead atoms. The molecule has 2 aromatic rings. The second-order valence-corrected chi connectivity index (χ2v) is 6.64. The molecule has 1 aromatic heterocycles. The summed E-state index contributed by atoms with van der Waals surface area (Å²) in [4.78, 5) is 12.6. The highest BCUT2D eigenvalue weighted by atomic mass is 79.9. The van der Waals surface area contributed by atoms with Crippen LogP contribution < -0.4 is 10.1 Å². The van der Waals surface area contributed by atoms with Crippen molar-refractivity contribution in [1.29, 1.82) is 0 Å². The normalized spacial score (nSPS) is 10.2. The van der Waals surface area contributed by atoms with Crippen LogP contribution in [0.15, 0.2) is 38.6 Å². The highest BCUT2D eigenvalue weighted by Crippen LogP contribution is 2.32. The van der Waals surface area contributed by atoms with Gasteiger partial charge in [0.1, 0.15) is 5.75 Å². The van der Waals surface area contributed by atoms with Crippen LogP contribution in [0.5, 0.6) is 5.75 Å². The maximum atomic E-state index is 12.0. The van der Waals surface area contributed by atoms with Crippen LogP contribution in [0, 0.1) is 0 Å². The molecule has 0 fully saturated rings. The summed E-state index contributed by atoms with van der Waals surface area (Å²) < 4.78 is 6.84. The Bertz CT molecular complexity index is 546. The Morgan fingerprint density at radius 2 is 1.94 bits per heavy atom. The quantitative estimate of drug-likeness (QED) is 0.835. The molecule has 6 heteroatoms. The fourth-order valence-electron chi connectivity index (χ4n) is 1.33. The van der Waals surface area contributed by atoms with Crippen molar-refractivity contribution < 1.29 is 9.53 Å². The summed E-state index contributed by atoms with van der Waals surface area (Å²) >= 11 is 8.10. The minimum absolute atomic E-state index is 0.128. The van der Waals surface area contributed by atoms with Crippen molar-refractivity contribution >= 4 is 54.8 Å². The molecular formula is C12H9Br2NO2S. The zero-order valence-corrected chi connectivity index (χ0v) is 13.4. The van der Waals surface area contributed by atoms with Crippen molar-refractivity contribution in [2.45, 2.75) is 0 Å². The van der Waals surface area contributed by atoms with Gasteiger partial charge in [-0.3, -0.25) is 4.79 Å². The number of hydrogen-bond donors (Lipinski definition) is 1. The number of carbonyl (C=O) groups excluding carboxylic acids is 1. The van der Waals surface area contributed by atoms with Crippen LogP contribution in [-0.4, -0.2) is 13.0 Å². The first-order valence-electron chi connectivity index (χ1n) is 5.00. The van der Waals surface area contributed by atoms with E-state index in [9.17, 15) is 4.79 Å². The Kier molecular flexibility index (Phi) is 4.42. The summed E-state index contributed by atoms with van der Waals surface area (Å²) in [6, 6.07) is 8.99. The van der Waals surface area contributed by atoms with Crippen molar-refractivity contribution in [1.82, 2.24) is 0 Å². The van der Waals surface area contributed by atoms with Crippen LogP contribution in [0.25, 0.3) is 0 Å². The number of amides is 1. The second-order valence-electron chi connectivity index (χ2n) is 3.41. The molecule has 1 N–H and O–H groups in total. The number of anilines is 1. The van der Waals surface area contributed by atoms with Crippen LogP contribution in [0.4, 0.5) is 5.69 Å². The van der Waals surface area contributed by atoms with E-state index in [-0.39, 0.29) is 5.91 Å². The van der Waals surface area contributed by atoms with Crippen LogP contribution in [0.2, 0.25) is 0 Å². The first-order valence-corrected chi connectivity index (χ1v) is 7.40. The largest absolute Gasteiger partial charge is 0.497 e. The molecule has 1 amide bonds. The Morgan fingerprint density at radius 1 is 1.28 bits per heavy atom. The van der Waals surface area contributed by atoms with Crippen LogP contribution in [-0.2, 0) is 0 Å². The van der Waals surface area contributed by atoms with Gasteiger partial charge in [-0.15, -0.1) is 11.3 Å². The Hall–Kier alpha value is -0.850. The van der Waals surface area contributed by atoms with E-state index in [2.05, 4.69) is 37.2 Å². The molecule has 0 aliphatic rings. The highest BCUT2D eigenvalue weighted by Gasteiger charge is 2.12. The van der Waals surface area contributed by atoms with E-state index in [1.54, 1.807) is 37.4 Å². The second kappa shape index (κ2) is 5.86. The van der Waals surface area contributed by atoms with Crippen molar-refractivity contribution in [3.05, 3.63) is 43.5 Å². The Morgan fingerprint density at radius 3 is 2.44 bits per heavy atom. The van der Waals surface area contributed by atoms with Gasteiger partial charge in [-0.2, -0.15) is 0 Å². The molecule has 1 aromatic carbocycles. The number of hydrogen-bond acceptors (Lipinski definition) is 3. The summed E-state index contributed by atoms with van der Waals surface area (Å²) in [7, 11) is 1.61. The first-order chi connectivity index (χ1) is 8.60. The topological polar surface area (TPSA) is 38.3 Å². The molecule has 18 heavy (non-hydrogen) atoms. The van der Waals surface area contributed by atoms with Gasteiger partial charge in [0.25, 0.3) is 5.91 Å². The third-order valence-corrected chi connectivity index (χ3v) is 5.47. The lowest BCUT2D eigenvalue weighted by molar-refractivity contribution is 0.103. The van der Waals surface area contributed by atoms with Crippen LogP contribution >= 0.6 is 43.2 Å². The number of nitrogens with one attached hydrogen (secondary N) is 1. The lowest BCUT2D eigenvalue weighted by atomic mass is 10.3. The zero-order chi connectivity index (χ0) is 13.1. The van der Waals surface area contributed by atoms with E-state index in [0.717, 1.165) is 19.7 Å². The smallest absolute Gasteiger partial charge is 0.265 e. The third-order valence-electron chi connectivity index (χ3n) is 2.22. The number of carbonyl (C=O) groups is 1. The molecule has 1 heterocycles. The molecule has 0 saturated heterocycles.